The van der Waals surface area contributed by atoms with E-state index >= 15 is 0 Å². The molecule has 1 saturated carbocycles. The van der Waals surface area contributed by atoms with E-state index in [4.69, 9.17) is 5.11 Å². The SMILES string of the molecule is CCC1(CNC(=O)Nc2cccnc2C(=O)O)CCC1. The number of carboxylic acids is 1. The molecule has 6 nitrogen and oxygen atoms in total. The lowest BCUT2D eigenvalue weighted by molar-refractivity contribution is 0.0691. The van der Waals surface area contributed by atoms with Crippen LogP contribution in [-0.2, 0) is 0 Å². The maximum absolute atomic E-state index is 11.8. The van der Waals surface area contributed by atoms with Gasteiger partial charge in [-0.1, -0.05) is 13.3 Å². The van der Waals surface area contributed by atoms with Crippen molar-refractivity contribution in [3.8, 4) is 0 Å². The fraction of sp³-hybridized carbons (Fsp3) is 0.500. The number of anilines is 1. The molecule has 0 spiro atoms. The Morgan fingerprint density at radius 2 is 2.20 bits per heavy atom. The highest BCUT2D eigenvalue weighted by Crippen LogP contribution is 2.42. The Morgan fingerprint density at radius 1 is 1.45 bits per heavy atom. The molecule has 2 amide bonds. The van der Waals surface area contributed by atoms with Crippen LogP contribution in [0.5, 0.6) is 0 Å². The number of carbonyl (C=O) groups is 2. The monoisotopic (exact) mass is 277 g/mol. The van der Waals surface area contributed by atoms with Crippen LogP contribution in [-0.4, -0.2) is 28.6 Å². The van der Waals surface area contributed by atoms with Gasteiger partial charge in [0.15, 0.2) is 5.69 Å². The summed E-state index contributed by atoms with van der Waals surface area (Å²) in [6, 6.07) is 2.72. The average molecular weight is 277 g/mol. The van der Waals surface area contributed by atoms with E-state index in [9.17, 15) is 9.59 Å². The number of hydrogen-bond acceptors (Lipinski definition) is 3. The Balaban J connectivity index is 1.93. The van der Waals surface area contributed by atoms with Gasteiger partial charge in [0.05, 0.1) is 5.69 Å². The van der Waals surface area contributed by atoms with Gasteiger partial charge >= 0.3 is 12.0 Å². The third-order valence-corrected chi connectivity index (χ3v) is 4.05. The second-order valence-electron chi connectivity index (χ2n) is 5.22. The molecule has 108 valence electrons. The van der Waals surface area contributed by atoms with Gasteiger partial charge in [0, 0.05) is 12.7 Å². The summed E-state index contributed by atoms with van der Waals surface area (Å²) in [5.74, 6) is -1.16. The van der Waals surface area contributed by atoms with Crippen LogP contribution in [0.15, 0.2) is 18.3 Å². The topological polar surface area (TPSA) is 91.3 Å². The Morgan fingerprint density at radius 3 is 2.75 bits per heavy atom. The lowest BCUT2D eigenvalue weighted by atomic mass is 9.67. The second kappa shape index (κ2) is 5.90. The van der Waals surface area contributed by atoms with Crippen LogP contribution >= 0.6 is 0 Å². The van der Waals surface area contributed by atoms with Crippen LogP contribution in [0.4, 0.5) is 10.5 Å². The molecule has 1 aliphatic rings. The van der Waals surface area contributed by atoms with E-state index in [0.717, 1.165) is 19.3 Å². The van der Waals surface area contributed by atoms with E-state index in [0.29, 0.717) is 6.54 Å². The summed E-state index contributed by atoms with van der Waals surface area (Å²) in [5, 5.41) is 14.4. The molecule has 0 unspecified atom stereocenters. The van der Waals surface area contributed by atoms with Crippen molar-refractivity contribution in [3.63, 3.8) is 0 Å². The zero-order chi connectivity index (χ0) is 14.6. The van der Waals surface area contributed by atoms with E-state index < -0.39 is 5.97 Å². The molecule has 20 heavy (non-hydrogen) atoms. The van der Waals surface area contributed by atoms with Crippen LogP contribution in [0.3, 0.4) is 0 Å². The van der Waals surface area contributed by atoms with E-state index in [2.05, 4.69) is 22.5 Å². The average Bonchev–Trinajstić information content (AvgIpc) is 2.38. The number of pyridine rings is 1. The van der Waals surface area contributed by atoms with E-state index in [1.165, 1.54) is 18.7 Å². The number of aromatic nitrogens is 1. The summed E-state index contributed by atoms with van der Waals surface area (Å²) < 4.78 is 0. The lowest BCUT2D eigenvalue weighted by Crippen LogP contribution is -2.43. The van der Waals surface area contributed by atoms with E-state index in [1.807, 2.05) is 0 Å². The molecule has 1 aromatic heterocycles. The zero-order valence-electron chi connectivity index (χ0n) is 11.5. The van der Waals surface area contributed by atoms with Gasteiger partial charge in [-0.2, -0.15) is 0 Å². The largest absolute Gasteiger partial charge is 0.476 e. The summed E-state index contributed by atoms with van der Waals surface area (Å²) in [4.78, 5) is 26.6. The first kappa shape index (κ1) is 14.3. The molecule has 2 rings (SSSR count). The zero-order valence-corrected chi connectivity index (χ0v) is 11.5. The number of aromatic carboxylic acids is 1. The molecule has 0 aliphatic heterocycles. The number of carboxylic acid groups (broad SMARTS) is 1. The van der Waals surface area contributed by atoms with Gasteiger partial charge in [-0.15, -0.1) is 0 Å². The Bertz CT molecular complexity index is 507. The highest BCUT2D eigenvalue weighted by Gasteiger charge is 2.35. The molecule has 0 atom stereocenters. The quantitative estimate of drug-likeness (QED) is 0.771. The number of carbonyl (C=O) groups excluding carboxylic acids is 1. The highest BCUT2D eigenvalue weighted by molar-refractivity contribution is 5.98. The first-order valence-corrected chi connectivity index (χ1v) is 6.79. The van der Waals surface area contributed by atoms with Crippen molar-refractivity contribution in [2.75, 3.05) is 11.9 Å². The fourth-order valence-electron chi connectivity index (χ4n) is 2.44. The summed E-state index contributed by atoms with van der Waals surface area (Å²) in [7, 11) is 0. The molecule has 1 heterocycles. The summed E-state index contributed by atoms with van der Waals surface area (Å²) in [6.07, 6.45) is 5.91. The first-order chi connectivity index (χ1) is 9.56. The lowest BCUT2D eigenvalue weighted by Gasteiger charge is -2.41. The van der Waals surface area contributed by atoms with Gasteiger partial charge in [-0.05, 0) is 36.8 Å². The van der Waals surface area contributed by atoms with Crippen LogP contribution in [0.1, 0.15) is 43.1 Å². The maximum Gasteiger partial charge on any atom is 0.356 e. The van der Waals surface area contributed by atoms with Crippen LogP contribution in [0, 0.1) is 5.41 Å². The minimum absolute atomic E-state index is 0.156. The molecule has 1 aliphatic carbocycles. The number of nitrogens with one attached hydrogen (secondary N) is 2. The van der Waals surface area contributed by atoms with Gasteiger partial charge in [0.2, 0.25) is 0 Å². The van der Waals surface area contributed by atoms with Gasteiger partial charge < -0.3 is 15.7 Å². The van der Waals surface area contributed by atoms with Crippen LogP contribution in [0.25, 0.3) is 0 Å². The van der Waals surface area contributed by atoms with Gasteiger partial charge in [-0.3, -0.25) is 0 Å². The third kappa shape index (κ3) is 3.07. The molecule has 0 bridgehead atoms. The molecule has 0 aromatic carbocycles. The number of amides is 2. The molecule has 0 saturated heterocycles. The smallest absolute Gasteiger partial charge is 0.356 e. The van der Waals surface area contributed by atoms with Gasteiger partial charge in [0.25, 0.3) is 0 Å². The molecular weight excluding hydrogens is 258 g/mol. The Hall–Kier alpha value is -2.11. The van der Waals surface area contributed by atoms with Crippen LogP contribution < -0.4 is 10.6 Å². The Kier molecular flexibility index (Phi) is 4.22. The Labute approximate surface area is 117 Å². The van der Waals surface area contributed by atoms with Crippen molar-refractivity contribution >= 4 is 17.7 Å². The van der Waals surface area contributed by atoms with Crippen molar-refractivity contribution in [1.82, 2.24) is 10.3 Å². The minimum atomic E-state index is -1.16. The molecule has 3 N–H and O–H groups in total. The highest BCUT2D eigenvalue weighted by atomic mass is 16.4. The fourth-order valence-corrected chi connectivity index (χ4v) is 2.44. The second-order valence-corrected chi connectivity index (χ2v) is 5.22. The summed E-state index contributed by atoms with van der Waals surface area (Å²) in [5.41, 5.74) is 0.273. The predicted molar refractivity (Wildman–Crippen MR) is 74.8 cm³/mol. The normalized spacial score (nSPS) is 16.1. The van der Waals surface area contributed by atoms with Crippen molar-refractivity contribution in [2.45, 2.75) is 32.6 Å². The molecule has 0 radical (unpaired) electrons. The number of hydrogen-bond donors (Lipinski definition) is 3. The maximum atomic E-state index is 11.8. The van der Waals surface area contributed by atoms with Gasteiger partial charge in [-0.25, -0.2) is 14.6 Å². The van der Waals surface area contributed by atoms with Crippen molar-refractivity contribution in [2.24, 2.45) is 5.41 Å². The molecule has 1 aromatic rings. The van der Waals surface area contributed by atoms with E-state index in [1.54, 1.807) is 6.07 Å². The van der Waals surface area contributed by atoms with Crippen molar-refractivity contribution in [3.05, 3.63) is 24.0 Å². The van der Waals surface area contributed by atoms with E-state index in [-0.39, 0.29) is 22.8 Å². The third-order valence-electron chi connectivity index (χ3n) is 4.05. The first-order valence-electron chi connectivity index (χ1n) is 6.79. The molecule has 6 heteroatoms. The standard InChI is InChI=1S/C14H19N3O3/c1-2-14(6-4-7-14)9-16-13(20)17-10-5-3-8-15-11(10)12(18)19/h3,5,8H,2,4,6-7,9H2,1H3,(H,18,19)(H2,16,17,20). The summed E-state index contributed by atoms with van der Waals surface area (Å²) >= 11 is 0. The number of rotatable bonds is 5. The predicted octanol–water partition coefficient (Wildman–Crippen LogP) is 2.48. The number of nitrogens with zero attached hydrogens (tertiary/aromatic N) is 1. The summed E-state index contributed by atoms with van der Waals surface area (Å²) in [6.45, 7) is 2.75. The molecular formula is C14H19N3O3. The van der Waals surface area contributed by atoms with Crippen molar-refractivity contribution in [1.29, 1.82) is 0 Å². The van der Waals surface area contributed by atoms with Crippen LogP contribution in [0.2, 0.25) is 0 Å². The van der Waals surface area contributed by atoms with Gasteiger partial charge in [0.1, 0.15) is 0 Å². The van der Waals surface area contributed by atoms with Crippen molar-refractivity contribution < 1.29 is 14.7 Å². The molecule has 1 fully saturated rings. The minimum Gasteiger partial charge on any atom is -0.476 e. The number of urea groups is 1.